The SMILES string of the molecule is CC(=O)OCC(=O)OCc1nnnn1C1CCC1. The summed E-state index contributed by atoms with van der Waals surface area (Å²) in [5.41, 5.74) is 0. The van der Waals surface area contributed by atoms with Crippen LogP contribution < -0.4 is 0 Å². The summed E-state index contributed by atoms with van der Waals surface area (Å²) in [4.78, 5) is 21.7. The standard InChI is InChI=1S/C10H14N4O4/c1-7(15)17-6-10(16)18-5-9-11-12-13-14(9)8-3-2-4-8/h8H,2-6H2,1H3. The average molecular weight is 254 g/mol. The molecule has 1 aliphatic carbocycles. The van der Waals surface area contributed by atoms with Crippen LogP contribution in [0.2, 0.25) is 0 Å². The summed E-state index contributed by atoms with van der Waals surface area (Å²) in [6.07, 6.45) is 3.25. The molecule has 18 heavy (non-hydrogen) atoms. The summed E-state index contributed by atoms with van der Waals surface area (Å²) < 4.78 is 11.1. The molecule has 1 heterocycles. The molecule has 0 saturated heterocycles. The smallest absolute Gasteiger partial charge is 0.344 e. The molecular formula is C10H14N4O4. The zero-order valence-electron chi connectivity index (χ0n) is 10.0. The van der Waals surface area contributed by atoms with Crippen molar-refractivity contribution < 1.29 is 19.1 Å². The molecule has 0 aromatic carbocycles. The maximum Gasteiger partial charge on any atom is 0.344 e. The van der Waals surface area contributed by atoms with Gasteiger partial charge in [-0.25, -0.2) is 9.48 Å². The third-order valence-corrected chi connectivity index (χ3v) is 2.74. The van der Waals surface area contributed by atoms with Crippen LogP contribution >= 0.6 is 0 Å². The first-order valence-electron chi connectivity index (χ1n) is 5.72. The van der Waals surface area contributed by atoms with Gasteiger partial charge in [-0.15, -0.1) is 5.10 Å². The Kier molecular flexibility index (Phi) is 3.85. The van der Waals surface area contributed by atoms with Crippen molar-refractivity contribution in [2.24, 2.45) is 0 Å². The van der Waals surface area contributed by atoms with E-state index in [9.17, 15) is 9.59 Å². The minimum atomic E-state index is -0.617. The Morgan fingerprint density at radius 1 is 1.39 bits per heavy atom. The van der Waals surface area contributed by atoms with Crippen LogP contribution in [0.3, 0.4) is 0 Å². The molecule has 0 bridgehead atoms. The highest BCUT2D eigenvalue weighted by Crippen LogP contribution is 2.31. The summed E-state index contributed by atoms with van der Waals surface area (Å²) in [7, 11) is 0. The molecule has 2 rings (SSSR count). The van der Waals surface area contributed by atoms with E-state index in [0.29, 0.717) is 11.9 Å². The monoisotopic (exact) mass is 254 g/mol. The van der Waals surface area contributed by atoms with Crippen molar-refractivity contribution in [2.75, 3.05) is 6.61 Å². The van der Waals surface area contributed by atoms with Crippen molar-refractivity contribution in [3.05, 3.63) is 5.82 Å². The summed E-state index contributed by atoms with van der Waals surface area (Å²) in [6.45, 7) is 0.828. The number of carbonyl (C=O) groups excluding carboxylic acids is 2. The van der Waals surface area contributed by atoms with Gasteiger partial charge in [0.2, 0.25) is 0 Å². The highest BCUT2D eigenvalue weighted by atomic mass is 16.6. The number of hydrogen-bond acceptors (Lipinski definition) is 7. The van der Waals surface area contributed by atoms with E-state index in [1.54, 1.807) is 4.68 Å². The molecule has 98 valence electrons. The molecule has 0 radical (unpaired) electrons. The lowest BCUT2D eigenvalue weighted by atomic mass is 9.93. The summed E-state index contributed by atoms with van der Waals surface area (Å²) in [6, 6.07) is 0.308. The molecule has 1 aromatic rings. The molecule has 1 aromatic heterocycles. The molecule has 0 amide bonds. The Balaban J connectivity index is 1.80. The molecule has 8 nitrogen and oxygen atoms in total. The van der Waals surface area contributed by atoms with Crippen molar-refractivity contribution in [3.8, 4) is 0 Å². The highest BCUT2D eigenvalue weighted by molar-refractivity contribution is 5.75. The normalized spacial score (nSPS) is 14.9. The van der Waals surface area contributed by atoms with Crippen molar-refractivity contribution in [2.45, 2.75) is 38.8 Å². The van der Waals surface area contributed by atoms with E-state index < -0.39 is 11.9 Å². The van der Waals surface area contributed by atoms with E-state index in [4.69, 9.17) is 4.74 Å². The lowest BCUT2D eigenvalue weighted by Crippen LogP contribution is -2.22. The van der Waals surface area contributed by atoms with Crippen LogP contribution in [0.5, 0.6) is 0 Å². The van der Waals surface area contributed by atoms with Crippen molar-refractivity contribution in [1.29, 1.82) is 0 Å². The van der Waals surface area contributed by atoms with Gasteiger partial charge < -0.3 is 9.47 Å². The second-order valence-electron chi connectivity index (χ2n) is 4.07. The Hall–Kier alpha value is -1.99. The van der Waals surface area contributed by atoms with Crippen molar-refractivity contribution in [3.63, 3.8) is 0 Å². The van der Waals surface area contributed by atoms with E-state index in [1.165, 1.54) is 6.92 Å². The minimum absolute atomic E-state index is 0.0103. The maximum absolute atomic E-state index is 11.2. The number of esters is 2. The van der Waals surface area contributed by atoms with Crippen LogP contribution in [-0.4, -0.2) is 38.8 Å². The van der Waals surface area contributed by atoms with E-state index in [1.807, 2.05) is 0 Å². The first-order valence-corrected chi connectivity index (χ1v) is 5.72. The quantitative estimate of drug-likeness (QED) is 0.682. The minimum Gasteiger partial charge on any atom is -0.455 e. The van der Waals surface area contributed by atoms with Crippen LogP contribution in [0.4, 0.5) is 0 Å². The molecule has 1 fully saturated rings. The van der Waals surface area contributed by atoms with Gasteiger partial charge in [0.25, 0.3) is 0 Å². The highest BCUT2D eigenvalue weighted by Gasteiger charge is 2.24. The second-order valence-corrected chi connectivity index (χ2v) is 4.07. The van der Waals surface area contributed by atoms with Gasteiger partial charge in [-0.3, -0.25) is 4.79 Å². The van der Waals surface area contributed by atoms with Crippen molar-refractivity contribution in [1.82, 2.24) is 20.2 Å². The van der Waals surface area contributed by atoms with Gasteiger partial charge in [0.1, 0.15) is 0 Å². The van der Waals surface area contributed by atoms with Gasteiger partial charge in [-0.1, -0.05) is 0 Å². The lowest BCUT2D eigenvalue weighted by Gasteiger charge is -2.25. The van der Waals surface area contributed by atoms with Gasteiger partial charge in [0, 0.05) is 6.92 Å². The van der Waals surface area contributed by atoms with E-state index in [2.05, 4.69) is 20.3 Å². The fourth-order valence-electron chi connectivity index (χ4n) is 1.57. The maximum atomic E-state index is 11.2. The predicted molar refractivity (Wildman–Crippen MR) is 57.1 cm³/mol. The fourth-order valence-corrected chi connectivity index (χ4v) is 1.57. The Labute approximate surface area is 103 Å². The van der Waals surface area contributed by atoms with Crippen LogP contribution in [0.1, 0.15) is 38.1 Å². The van der Waals surface area contributed by atoms with Crippen LogP contribution in [0.25, 0.3) is 0 Å². The predicted octanol–water partition coefficient (Wildman–Crippen LogP) is 0.00440. The Bertz CT molecular complexity index is 441. The Morgan fingerprint density at radius 2 is 2.17 bits per heavy atom. The molecule has 1 aliphatic rings. The van der Waals surface area contributed by atoms with E-state index >= 15 is 0 Å². The molecule has 8 heteroatoms. The molecule has 0 N–H and O–H groups in total. The van der Waals surface area contributed by atoms with Gasteiger partial charge in [-0.2, -0.15) is 0 Å². The molecular weight excluding hydrogens is 240 g/mol. The topological polar surface area (TPSA) is 96.2 Å². The number of rotatable bonds is 5. The Morgan fingerprint density at radius 3 is 2.78 bits per heavy atom. The van der Waals surface area contributed by atoms with Gasteiger partial charge in [0.05, 0.1) is 6.04 Å². The number of tetrazole rings is 1. The van der Waals surface area contributed by atoms with Crippen LogP contribution in [0, 0.1) is 0 Å². The molecule has 1 saturated carbocycles. The second kappa shape index (κ2) is 5.56. The number of nitrogens with zero attached hydrogens (tertiary/aromatic N) is 4. The van der Waals surface area contributed by atoms with Gasteiger partial charge in [-0.05, 0) is 29.7 Å². The number of carbonyl (C=O) groups is 2. The van der Waals surface area contributed by atoms with Gasteiger partial charge in [0.15, 0.2) is 19.0 Å². The molecule has 0 unspecified atom stereocenters. The molecule has 0 atom stereocenters. The average Bonchev–Trinajstić information content (AvgIpc) is 2.69. The fraction of sp³-hybridized carbons (Fsp3) is 0.700. The first kappa shape index (κ1) is 12.5. The summed E-state index contributed by atoms with van der Waals surface area (Å²) in [5.74, 6) is -0.629. The van der Waals surface area contributed by atoms with Gasteiger partial charge >= 0.3 is 11.9 Å². The first-order chi connectivity index (χ1) is 8.66. The molecule has 0 aliphatic heterocycles. The van der Waals surface area contributed by atoms with Crippen LogP contribution in [0.15, 0.2) is 0 Å². The van der Waals surface area contributed by atoms with Crippen LogP contribution in [-0.2, 0) is 25.7 Å². The van der Waals surface area contributed by atoms with E-state index in [0.717, 1.165) is 19.3 Å². The van der Waals surface area contributed by atoms with Crippen molar-refractivity contribution >= 4 is 11.9 Å². The van der Waals surface area contributed by atoms with E-state index in [-0.39, 0.29) is 13.2 Å². The number of hydrogen-bond donors (Lipinski definition) is 0. The third-order valence-electron chi connectivity index (χ3n) is 2.74. The number of ether oxygens (including phenoxy) is 2. The third kappa shape index (κ3) is 3.02. The largest absolute Gasteiger partial charge is 0.455 e. The zero-order chi connectivity index (χ0) is 13.0. The summed E-state index contributed by atoms with van der Waals surface area (Å²) >= 11 is 0. The zero-order valence-corrected chi connectivity index (χ0v) is 10.0. The lowest BCUT2D eigenvalue weighted by molar-refractivity contribution is -0.158. The number of aromatic nitrogens is 4. The molecule has 0 spiro atoms. The summed E-state index contributed by atoms with van der Waals surface area (Å²) in [5, 5.41) is 11.2.